The van der Waals surface area contributed by atoms with E-state index in [2.05, 4.69) is 163 Å². The number of hydrogen-bond donors (Lipinski definition) is 0. The number of pyridine rings is 2. The first-order valence-corrected chi connectivity index (χ1v) is 16.9. The standard InChI is InChI=1S/C47H28N2/c1-5-18-40-33(14-1)34-15-2-6-19-41(34)47(40)42-20-7-3-16-35(42)38-27-39-37(28-43(38)47)36-17-4-8-21-44(36)49-46(39)32-12-9-11-30(25-32)31-23-22-29-13-10-24-48-45(29)26-31/h1-28H. The number of rotatable bonds is 2. The summed E-state index contributed by atoms with van der Waals surface area (Å²) in [6.45, 7) is 0. The molecule has 9 aromatic rings. The molecule has 0 amide bonds. The van der Waals surface area contributed by atoms with E-state index in [-0.39, 0.29) is 5.41 Å². The van der Waals surface area contributed by atoms with Crippen LogP contribution in [0.15, 0.2) is 170 Å². The SMILES string of the molecule is c1cc(-c2ccc3cccnc3c2)cc(-c2nc3ccccc3c3cc4c(cc23)-c2ccccc2C42c3ccccc3-c3ccccc32)c1. The van der Waals surface area contributed by atoms with Gasteiger partial charge in [-0.15, -0.1) is 0 Å². The monoisotopic (exact) mass is 620 g/mol. The van der Waals surface area contributed by atoms with Crippen molar-refractivity contribution in [3.05, 3.63) is 192 Å². The molecule has 49 heavy (non-hydrogen) atoms. The van der Waals surface area contributed by atoms with E-state index in [0.29, 0.717) is 0 Å². The van der Waals surface area contributed by atoms with Crippen molar-refractivity contribution in [2.45, 2.75) is 5.41 Å². The maximum Gasteiger partial charge on any atom is 0.0788 e. The summed E-state index contributed by atoms with van der Waals surface area (Å²) >= 11 is 0. The summed E-state index contributed by atoms with van der Waals surface area (Å²) in [6.07, 6.45) is 1.86. The van der Waals surface area contributed by atoms with Crippen LogP contribution in [-0.2, 0) is 5.41 Å². The molecular weight excluding hydrogens is 593 g/mol. The molecule has 2 heterocycles. The second kappa shape index (κ2) is 9.82. The third kappa shape index (κ3) is 3.55. The summed E-state index contributed by atoms with van der Waals surface area (Å²) in [7, 11) is 0. The third-order valence-electron chi connectivity index (χ3n) is 10.9. The van der Waals surface area contributed by atoms with Crippen LogP contribution in [0, 0.1) is 0 Å². The van der Waals surface area contributed by atoms with E-state index in [0.717, 1.165) is 38.8 Å². The predicted molar refractivity (Wildman–Crippen MR) is 202 cm³/mol. The number of benzene rings is 7. The van der Waals surface area contributed by atoms with Gasteiger partial charge in [0.15, 0.2) is 0 Å². The maximum atomic E-state index is 5.39. The summed E-state index contributed by atoms with van der Waals surface area (Å²) in [5.74, 6) is 0. The number of nitrogens with zero attached hydrogens (tertiary/aromatic N) is 2. The quantitative estimate of drug-likeness (QED) is 0.180. The minimum atomic E-state index is -0.387. The van der Waals surface area contributed by atoms with E-state index in [4.69, 9.17) is 4.98 Å². The van der Waals surface area contributed by atoms with Gasteiger partial charge in [0, 0.05) is 27.9 Å². The van der Waals surface area contributed by atoms with Gasteiger partial charge in [0.2, 0.25) is 0 Å². The highest BCUT2D eigenvalue weighted by Crippen LogP contribution is 2.63. The van der Waals surface area contributed by atoms with Crippen molar-refractivity contribution in [3.63, 3.8) is 0 Å². The average molecular weight is 621 g/mol. The Morgan fingerprint density at radius 1 is 0.367 bits per heavy atom. The fourth-order valence-electron chi connectivity index (χ4n) is 8.85. The van der Waals surface area contributed by atoms with Crippen LogP contribution in [0.1, 0.15) is 22.3 Å². The first-order chi connectivity index (χ1) is 24.3. The Morgan fingerprint density at radius 2 is 1.02 bits per heavy atom. The summed E-state index contributed by atoms with van der Waals surface area (Å²) in [5.41, 5.74) is 16.6. The molecule has 2 heteroatoms. The fourth-order valence-corrected chi connectivity index (χ4v) is 8.85. The van der Waals surface area contributed by atoms with Crippen LogP contribution in [0.25, 0.3) is 77.2 Å². The molecular formula is C47H28N2. The second-order valence-electron chi connectivity index (χ2n) is 13.3. The largest absolute Gasteiger partial charge is 0.256 e. The lowest BCUT2D eigenvalue weighted by molar-refractivity contribution is 0.795. The molecule has 2 aliphatic rings. The summed E-state index contributed by atoms with van der Waals surface area (Å²) in [5, 5.41) is 4.71. The van der Waals surface area contributed by atoms with Crippen LogP contribution in [0.3, 0.4) is 0 Å². The van der Waals surface area contributed by atoms with Crippen molar-refractivity contribution < 1.29 is 0 Å². The second-order valence-corrected chi connectivity index (χ2v) is 13.3. The molecule has 0 radical (unpaired) electrons. The Kier molecular flexibility index (Phi) is 5.34. The number of fused-ring (bicyclic) bond motifs is 14. The van der Waals surface area contributed by atoms with Crippen LogP contribution < -0.4 is 0 Å². The van der Waals surface area contributed by atoms with Crippen LogP contribution >= 0.6 is 0 Å². The van der Waals surface area contributed by atoms with Crippen molar-refractivity contribution in [1.82, 2.24) is 9.97 Å². The molecule has 0 bridgehead atoms. The fraction of sp³-hybridized carbons (Fsp3) is 0.0213. The minimum Gasteiger partial charge on any atom is -0.256 e. The van der Waals surface area contributed by atoms with E-state index in [1.54, 1.807) is 0 Å². The average Bonchev–Trinajstić information content (AvgIpc) is 3.64. The molecule has 11 rings (SSSR count). The van der Waals surface area contributed by atoms with Gasteiger partial charge in [-0.25, -0.2) is 4.98 Å². The van der Waals surface area contributed by atoms with E-state index < -0.39 is 0 Å². The lowest BCUT2D eigenvalue weighted by Crippen LogP contribution is -2.25. The molecule has 2 aliphatic carbocycles. The molecule has 0 atom stereocenters. The Morgan fingerprint density at radius 3 is 1.80 bits per heavy atom. The molecule has 0 unspecified atom stereocenters. The van der Waals surface area contributed by atoms with Crippen molar-refractivity contribution >= 4 is 32.6 Å². The van der Waals surface area contributed by atoms with Gasteiger partial charge in [-0.3, -0.25) is 4.98 Å². The zero-order valence-electron chi connectivity index (χ0n) is 26.6. The molecule has 7 aromatic carbocycles. The molecule has 1 spiro atoms. The van der Waals surface area contributed by atoms with Gasteiger partial charge in [-0.2, -0.15) is 0 Å². The van der Waals surface area contributed by atoms with Crippen LogP contribution in [0.2, 0.25) is 0 Å². The first-order valence-electron chi connectivity index (χ1n) is 16.9. The highest BCUT2D eigenvalue weighted by Gasteiger charge is 2.51. The topological polar surface area (TPSA) is 25.8 Å². The molecule has 0 saturated carbocycles. The number of para-hydroxylation sites is 1. The Balaban J connectivity index is 1.22. The molecule has 0 aliphatic heterocycles. The molecule has 0 N–H and O–H groups in total. The molecule has 2 nitrogen and oxygen atoms in total. The van der Waals surface area contributed by atoms with E-state index in [1.807, 2.05) is 12.3 Å². The molecule has 0 fully saturated rings. The third-order valence-corrected chi connectivity index (χ3v) is 10.9. The smallest absolute Gasteiger partial charge is 0.0788 e. The molecule has 0 saturated heterocycles. The zero-order valence-corrected chi connectivity index (χ0v) is 26.6. The Bertz CT molecular complexity index is 2800. The van der Waals surface area contributed by atoms with Gasteiger partial charge in [0.25, 0.3) is 0 Å². The number of hydrogen-bond acceptors (Lipinski definition) is 2. The van der Waals surface area contributed by atoms with Crippen LogP contribution in [0.4, 0.5) is 0 Å². The lowest BCUT2D eigenvalue weighted by Gasteiger charge is -2.30. The predicted octanol–water partition coefficient (Wildman–Crippen LogP) is 11.6. The number of aromatic nitrogens is 2. The van der Waals surface area contributed by atoms with Gasteiger partial charge in [-0.05, 0) is 97.4 Å². The maximum absolute atomic E-state index is 5.39. The summed E-state index contributed by atoms with van der Waals surface area (Å²) in [6, 6.07) is 60.0. The minimum absolute atomic E-state index is 0.387. The van der Waals surface area contributed by atoms with E-state index in [9.17, 15) is 0 Å². The van der Waals surface area contributed by atoms with E-state index in [1.165, 1.54) is 60.7 Å². The van der Waals surface area contributed by atoms with Gasteiger partial charge in [0.1, 0.15) is 0 Å². The lowest BCUT2D eigenvalue weighted by atomic mass is 9.70. The Hall–Kier alpha value is -6.38. The normalized spacial score (nSPS) is 13.5. The van der Waals surface area contributed by atoms with Gasteiger partial charge in [0.05, 0.1) is 22.1 Å². The highest BCUT2D eigenvalue weighted by molar-refractivity contribution is 6.14. The van der Waals surface area contributed by atoms with Gasteiger partial charge in [-0.1, -0.05) is 127 Å². The van der Waals surface area contributed by atoms with Crippen molar-refractivity contribution in [1.29, 1.82) is 0 Å². The molecule has 226 valence electrons. The molecule has 2 aromatic heterocycles. The van der Waals surface area contributed by atoms with Crippen molar-refractivity contribution in [3.8, 4) is 44.6 Å². The van der Waals surface area contributed by atoms with Crippen LogP contribution in [-0.4, -0.2) is 9.97 Å². The zero-order chi connectivity index (χ0) is 32.1. The van der Waals surface area contributed by atoms with Gasteiger partial charge >= 0.3 is 0 Å². The Labute approximate surface area is 284 Å². The van der Waals surface area contributed by atoms with Crippen molar-refractivity contribution in [2.75, 3.05) is 0 Å². The van der Waals surface area contributed by atoms with Crippen molar-refractivity contribution in [2.24, 2.45) is 0 Å². The first kappa shape index (κ1) is 26.7. The highest BCUT2D eigenvalue weighted by atomic mass is 14.7. The summed E-state index contributed by atoms with van der Waals surface area (Å²) < 4.78 is 0. The van der Waals surface area contributed by atoms with E-state index >= 15 is 0 Å². The van der Waals surface area contributed by atoms with Gasteiger partial charge < -0.3 is 0 Å². The van der Waals surface area contributed by atoms with Crippen LogP contribution in [0.5, 0.6) is 0 Å². The summed E-state index contributed by atoms with van der Waals surface area (Å²) in [4.78, 5) is 10.0.